The summed E-state index contributed by atoms with van der Waals surface area (Å²) in [6, 6.07) is 9.24. The Kier molecular flexibility index (Phi) is 5.82. The van der Waals surface area contributed by atoms with Crippen molar-refractivity contribution < 1.29 is 9.53 Å². The number of fused-ring (bicyclic) bond motifs is 2. The average molecular weight is 464 g/mol. The van der Waals surface area contributed by atoms with E-state index >= 15 is 0 Å². The molecule has 1 amide bonds. The van der Waals surface area contributed by atoms with Crippen LogP contribution in [0.15, 0.2) is 46.7 Å². The summed E-state index contributed by atoms with van der Waals surface area (Å²) in [7, 11) is 0. The Balaban J connectivity index is 1.64. The molecule has 8 nitrogen and oxygen atoms in total. The van der Waals surface area contributed by atoms with E-state index in [0.717, 1.165) is 23.3 Å². The highest BCUT2D eigenvalue weighted by molar-refractivity contribution is 7.09. The van der Waals surface area contributed by atoms with Crippen LogP contribution in [0.25, 0.3) is 16.7 Å². The van der Waals surface area contributed by atoms with E-state index in [1.54, 1.807) is 28.2 Å². The molecule has 1 atom stereocenters. The lowest BCUT2D eigenvalue weighted by molar-refractivity contribution is 0.0856. The summed E-state index contributed by atoms with van der Waals surface area (Å²) in [6.45, 7) is 3.44. The lowest BCUT2D eigenvalue weighted by Crippen LogP contribution is -2.38. The number of nitrogens with one attached hydrogen (secondary N) is 2. The Bertz CT molecular complexity index is 1450. The van der Waals surface area contributed by atoms with Crippen molar-refractivity contribution in [3.63, 3.8) is 0 Å². The van der Waals surface area contributed by atoms with E-state index in [9.17, 15) is 9.59 Å². The minimum atomic E-state index is -0.379. The van der Waals surface area contributed by atoms with Gasteiger partial charge in [0.25, 0.3) is 11.5 Å². The second-order valence-electron chi connectivity index (χ2n) is 8.27. The molecule has 1 fully saturated rings. The number of nitrogens with zero attached hydrogens (tertiary/aromatic N) is 3. The molecule has 4 aromatic heterocycles. The number of aryl methyl sites for hydroxylation is 3. The molecular formula is C24H25N5O3S. The standard InChI is InChI=1S/C24H25N5O3S/c1-15-5-2-9-29-21(15)27-22-19(24(29)31)13-18(23(30)26-14-16-6-3-11-32-16)20(25)28(22)10-8-17-7-4-12-33-17/h2,4-5,7,9,12-13,16,25H,3,6,8,10-11,14H2,1H3,(H,26,30). The van der Waals surface area contributed by atoms with E-state index in [0.29, 0.717) is 42.8 Å². The zero-order chi connectivity index (χ0) is 22.9. The molecule has 1 aliphatic rings. The van der Waals surface area contributed by atoms with Gasteiger partial charge in [-0.05, 0) is 55.3 Å². The van der Waals surface area contributed by atoms with Crippen LogP contribution in [0.5, 0.6) is 0 Å². The number of carbonyl (C=O) groups is 1. The Morgan fingerprint density at radius 1 is 1.33 bits per heavy atom. The van der Waals surface area contributed by atoms with Crippen molar-refractivity contribution >= 4 is 33.9 Å². The highest BCUT2D eigenvalue weighted by Crippen LogP contribution is 2.16. The van der Waals surface area contributed by atoms with Crippen molar-refractivity contribution in [3.05, 3.63) is 73.8 Å². The number of amides is 1. The topological polar surface area (TPSA) is 101 Å². The van der Waals surface area contributed by atoms with Crippen LogP contribution in [0.3, 0.4) is 0 Å². The van der Waals surface area contributed by atoms with Gasteiger partial charge in [0.1, 0.15) is 16.8 Å². The normalized spacial score (nSPS) is 16.0. The minimum absolute atomic E-state index is 0.00578. The number of rotatable bonds is 6. The molecule has 0 aliphatic carbocycles. The SMILES string of the molecule is Cc1cccn2c(=O)c3cc(C(=O)NCC4CCCO4)c(=N)n(CCc4cccs4)c3nc12. The van der Waals surface area contributed by atoms with Gasteiger partial charge < -0.3 is 14.6 Å². The van der Waals surface area contributed by atoms with E-state index in [1.165, 1.54) is 10.5 Å². The minimum Gasteiger partial charge on any atom is -0.376 e. The van der Waals surface area contributed by atoms with Crippen LogP contribution in [0.2, 0.25) is 0 Å². The molecule has 4 aromatic rings. The molecule has 5 heterocycles. The van der Waals surface area contributed by atoms with Crippen LogP contribution in [0, 0.1) is 12.3 Å². The summed E-state index contributed by atoms with van der Waals surface area (Å²) in [5.41, 5.74) is 1.80. The third-order valence-electron chi connectivity index (χ3n) is 6.05. The van der Waals surface area contributed by atoms with Gasteiger partial charge in [-0.15, -0.1) is 11.3 Å². The first-order chi connectivity index (χ1) is 16.0. The van der Waals surface area contributed by atoms with Crippen molar-refractivity contribution in [2.45, 2.75) is 38.8 Å². The summed E-state index contributed by atoms with van der Waals surface area (Å²) in [5.74, 6) is -0.379. The quantitative estimate of drug-likeness (QED) is 0.429. The number of pyridine rings is 2. The maximum absolute atomic E-state index is 13.4. The lowest BCUT2D eigenvalue weighted by Gasteiger charge is -2.16. The Labute approximate surface area is 194 Å². The predicted octanol–water partition coefficient (Wildman–Crippen LogP) is 2.65. The first kappa shape index (κ1) is 21.5. The third-order valence-corrected chi connectivity index (χ3v) is 6.99. The maximum atomic E-state index is 13.4. The lowest BCUT2D eigenvalue weighted by atomic mass is 10.1. The summed E-state index contributed by atoms with van der Waals surface area (Å²) in [4.78, 5) is 32.4. The summed E-state index contributed by atoms with van der Waals surface area (Å²) < 4.78 is 8.78. The van der Waals surface area contributed by atoms with E-state index in [4.69, 9.17) is 15.1 Å². The van der Waals surface area contributed by atoms with Crippen molar-refractivity contribution in [2.24, 2.45) is 0 Å². The maximum Gasteiger partial charge on any atom is 0.267 e. The molecule has 2 N–H and O–H groups in total. The Morgan fingerprint density at radius 3 is 2.97 bits per heavy atom. The van der Waals surface area contributed by atoms with Gasteiger partial charge in [-0.2, -0.15) is 0 Å². The summed E-state index contributed by atoms with van der Waals surface area (Å²) in [6.07, 6.45) is 4.24. The van der Waals surface area contributed by atoms with Crippen LogP contribution in [-0.4, -0.2) is 39.1 Å². The van der Waals surface area contributed by atoms with E-state index < -0.39 is 0 Å². The molecule has 0 radical (unpaired) electrons. The summed E-state index contributed by atoms with van der Waals surface area (Å²) >= 11 is 1.64. The van der Waals surface area contributed by atoms with Crippen molar-refractivity contribution in [1.82, 2.24) is 19.3 Å². The number of hydrogen-bond donors (Lipinski definition) is 2. The first-order valence-electron chi connectivity index (χ1n) is 11.1. The summed E-state index contributed by atoms with van der Waals surface area (Å²) in [5, 5.41) is 14.0. The molecule has 0 bridgehead atoms. The number of aromatic nitrogens is 3. The zero-order valence-electron chi connectivity index (χ0n) is 18.3. The second-order valence-corrected chi connectivity index (χ2v) is 9.30. The number of thiophene rings is 1. The fourth-order valence-corrected chi connectivity index (χ4v) is 4.97. The van der Waals surface area contributed by atoms with E-state index in [2.05, 4.69) is 5.32 Å². The molecule has 1 saturated heterocycles. The number of carbonyl (C=O) groups excluding carboxylic acids is 1. The zero-order valence-corrected chi connectivity index (χ0v) is 19.2. The van der Waals surface area contributed by atoms with Gasteiger partial charge in [-0.3, -0.25) is 19.4 Å². The molecule has 1 aliphatic heterocycles. The Morgan fingerprint density at radius 2 is 2.21 bits per heavy atom. The van der Waals surface area contributed by atoms with Crippen LogP contribution < -0.4 is 16.4 Å². The molecule has 0 saturated carbocycles. The van der Waals surface area contributed by atoms with Gasteiger partial charge >= 0.3 is 0 Å². The molecule has 170 valence electrons. The highest BCUT2D eigenvalue weighted by Gasteiger charge is 2.20. The molecule has 33 heavy (non-hydrogen) atoms. The van der Waals surface area contributed by atoms with Crippen LogP contribution >= 0.6 is 11.3 Å². The highest BCUT2D eigenvalue weighted by atomic mass is 32.1. The number of ether oxygens (including phenoxy) is 1. The fraction of sp³-hybridized carbons (Fsp3) is 0.333. The van der Waals surface area contributed by atoms with Gasteiger partial charge in [0.2, 0.25) is 0 Å². The third kappa shape index (κ3) is 4.09. The van der Waals surface area contributed by atoms with Crippen molar-refractivity contribution in [1.29, 1.82) is 5.41 Å². The van der Waals surface area contributed by atoms with Crippen molar-refractivity contribution in [3.8, 4) is 0 Å². The molecule has 9 heteroatoms. The molecular weight excluding hydrogens is 438 g/mol. The fourth-order valence-electron chi connectivity index (χ4n) is 4.27. The largest absolute Gasteiger partial charge is 0.376 e. The van der Waals surface area contributed by atoms with E-state index in [1.807, 2.05) is 30.5 Å². The molecule has 1 unspecified atom stereocenters. The van der Waals surface area contributed by atoms with Crippen LogP contribution in [0.4, 0.5) is 0 Å². The van der Waals surface area contributed by atoms with Gasteiger partial charge in [0.15, 0.2) is 0 Å². The van der Waals surface area contributed by atoms with Crippen LogP contribution in [-0.2, 0) is 17.7 Å². The monoisotopic (exact) mass is 463 g/mol. The van der Waals surface area contributed by atoms with Gasteiger partial charge in [0.05, 0.1) is 17.1 Å². The van der Waals surface area contributed by atoms with Crippen LogP contribution in [0.1, 0.15) is 33.6 Å². The van der Waals surface area contributed by atoms with E-state index in [-0.39, 0.29) is 28.6 Å². The van der Waals surface area contributed by atoms with Crippen molar-refractivity contribution in [2.75, 3.05) is 13.2 Å². The average Bonchev–Trinajstić information content (AvgIpc) is 3.52. The predicted molar refractivity (Wildman–Crippen MR) is 127 cm³/mol. The second kappa shape index (κ2) is 8.92. The number of hydrogen-bond acceptors (Lipinski definition) is 6. The molecule has 5 rings (SSSR count). The first-order valence-corrected chi connectivity index (χ1v) is 11.9. The Hall–Kier alpha value is -3.30. The van der Waals surface area contributed by atoms with Gasteiger partial charge in [0, 0.05) is 30.8 Å². The molecule has 0 spiro atoms. The van der Waals surface area contributed by atoms with Gasteiger partial charge in [-0.25, -0.2) is 4.98 Å². The smallest absolute Gasteiger partial charge is 0.267 e. The molecule has 0 aromatic carbocycles. The van der Waals surface area contributed by atoms with Gasteiger partial charge in [-0.1, -0.05) is 12.1 Å².